The van der Waals surface area contributed by atoms with Crippen LogP contribution in [0.4, 0.5) is 9.59 Å². The Bertz CT molecular complexity index is 512. The zero-order valence-corrected chi connectivity index (χ0v) is 13.8. The Morgan fingerprint density at radius 1 is 0.913 bits per heavy atom. The third-order valence-corrected chi connectivity index (χ3v) is 3.16. The van der Waals surface area contributed by atoms with E-state index in [2.05, 4.69) is 17.2 Å². The summed E-state index contributed by atoms with van der Waals surface area (Å²) in [7, 11) is 0. The number of azo groups is 1. The molecule has 2 amide bonds. The number of ether oxygens (including phenoxy) is 2. The summed E-state index contributed by atoms with van der Waals surface area (Å²) in [6, 6.07) is 6.88. The molecule has 6 heteroatoms. The molecule has 1 aromatic rings. The van der Waals surface area contributed by atoms with Crippen LogP contribution in [0.2, 0.25) is 0 Å². The fourth-order valence-electron chi connectivity index (χ4n) is 1.88. The van der Waals surface area contributed by atoms with E-state index >= 15 is 0 Å². The van der Waals surface area contributed by atoms with Crippen LogP contribution in [0.5, 0.6) is 5.75 Å². The van der Waals surface area contributed by atoms with Gasteiger partial charge in [0.25, 0.3) is 0 Å². The van der Waals surface area contributed by atoms with Crippen molar-refractivity contribution >= 4 is 12.2 Å². The molecular weight excluding hydrogens is 296 g/mol. The normalized spacial score (nSPS) is 10.7. The van der Waals surface area contributed by atoms with Gasteiger partial charge >= 0.3 is 12.2 Å². The second kappa shape index (κ2) is 11.3. The van der Waals surface area contributed by atoms with Gasteiger partial charge in [0.1, 0.15) is 5.75 Å². The molecule has 0 atom stereocenters. The maximum absolute atomic E-state index is 11.4. The maximum Gasteiger partial charge on any atom is 0.458 e. The fourth-order valence-corrected chi connectivity index (χ4v) is 1.88. The third-order valence-electron chi connectivity index (χ3n) is 3.16. The lowest BCUT2D eigenvalue weighted by molar-refractivity contribution is 0.151. The first-order valence-corrected chi connectivity index (χ1v) is 7.98. The van der Waals surface area contributed by atoms with Crippen LogP contribution in [0.15, 0.2) is 34.5 Å². The molecule has 1 aromatic carbocycles. The predicted molar refractivity (Wildman–Crippen MR) is 86.8 cm³/mol. The molecule has 0 heterocycles. The zero-order valence-electron chi connectivity index (χ0n) is 13.8. The number of unbranched alkanes of at least 4 members (excludes halogenated alkanes) is 5. The minimum absolute atomic E-state index is 0.289. The Morgan fingerprint density at radius 3 is 2.22 bits per heavy atom. The van der Waals surface area contributed by atoms with Crippen LogP contribution in [0.1, 0.15) is 51.0 Å². The SMILES string of the molecule is CCCCCCCCOC(=O)N=NC(=O)Oc1ccc(C)cc1. The number of carbonyl (C=O) groups is 2. The van der Waals surface area contributed by atoms with Gasteiger partial charge in [-0.05, 0) is 25.5 Å². The van der Waals surface area contributed by atoms with Crippen LogP contribution in [0.3, 0.4) is 0 Å². The summed E-state index contributed by atoms with van der Waals surface area (Å²) in [6.45, 7) is 4.37. The number of rotatable bonds is 8. The second-order valence-corrected chi connectivity index (χ2v) is 5.26. The van der Waals surface area contributed by atoms with Gasteiger partial charge in [0.2, 0.25) is 0 Å². The van der Waals surface area contributed by atoms with Crippen LogP contribution in [0.25, 0.3) is 0 Å². The molecule has 0 bridgehead atoms. The van der Waals surface area contributed by atoms with E-state index in [1.54, 1.807) is 24.3 Å². The number of nitrogens with zero attached hydrogens (tertiary/aromatic N) is 2. The quantitative estimate of drug-likeness (QED) is 0.472. The van der Waals surface area contributed by atoms with E-state index in [0.29, 0.717) is 5.75 Å². The summed E-state index contributed by atoms with van der Waals surface area (Å²) >= 11 is 0. The van der Waals surface area contributed by atoms with Crippen molar-refractivity contribution in [3.63, 3.8) is 0 Å². The lowest BCUT2D eigenvalue weighted by atomic mass is 10.1. The Balaban J connectivity index is 2.16. The van der Waals surface area contributed by atoms with Crippen LogP contribution in [0, 0.1) is 6.92 Å². The largest absolute Gasteiger partial charge is 0.458 e. The Hall–Kier alpha value is -2.24. The van der Waals surface area contributed by atoms with Gasteiger partial charge in [-0.3, -0.25) is 0 Å². The molecule has 23 heavy (non-hydrogen) atoms. The molecule has 0 saturated carbocycles. The van der Waals surface area contributed by atoms with E-state index in [0.717, 1.165) is 24.8 Å². The first-order chi connectivity index (χ1) is 11.1. The van der Waals surface area contributed by atoms with E-state index in [1.807, 2.05) is 6.92 Å². The number of hydrogen-bond acceptors (Lipinski definition) is 4. The lowest BCUT2D eigenvalue weighted by Gasteiger charge is -2.01. The first kappa shape index (κ1) is 18.8. The van der Waals surface area contributed by atoms with Gasteiger partial charge in [-0.15, -0.1) is 0 Å². The van der Waals surface area contributed by atoms with E-state index in [4.69, 9.17) is 9.47 Å². The lowest BCUT2D eigenvalue weighted by Crippen LogP contribution is -2.04. The van der Waals surface area contributed by atoms with Gasteiger partial charge in [0.15, 0.2) is 0 Å². The van der Waals surface area contributed by atoms with Gasteiger partial charge in [0, 0.05) is 0 Å². The molecule has 0 N–H and O–H groups in total. The van der Waals surface area contributed by atoms with E-state index in [-0.39, 0.29) is 6.61 Å². The molecule has 6 nitrogen and oxygen atoms in total. The summed E-state index contributed by atoms with van der Waals surface area (Å²) in [5.74, 6) is 0.347. The fraction of sp³-hybridized carbons (Fsp3) is 0.529. The van der Waals surface area contributed by atoms with Crippen molar-refractivity contribution in [2.45, 2.75) is 52.4 Å². The minimum atomic E-state index is -0.953. The molecule has 0 radical (unpaired) electrons. The van der Waals surface area contributed by atoms with Gasteiger partial charge < -0.3 is 9.47 Å². The van der Waals surface area contributed by atoms with Crippen LogP contribution in [-0.4, -0.2) is 18.8 Å². The van der Waals surface area contributed by atoms with Gasteiger partial charge in [-0.1, -0.05) is 67.0 Å². The van der Waals surface area contributed by atoms with E-state index in [9.17, 15) is 9.59 Å². The molecule has 0 saturated heterocycles. The molecule has 0 aliphatic carbocycles. The summed E-state index contributed by atoms with van der Waals surface area (Å²) in [6.07, 6.45) is 4.75. The highest BCUT2D eigenvalue weighted by Crippen LogP contribution is 2.12. The molecule has 0 aromatic heterocycles. The standard InChI is InChI=1S/C17H24N2O4/c1-3-4-5-6-7-8-13-22-16(20)18-19-17(21)23-15-11-9-14(2)10-12-15/h9-12H,3-8,13H2,1-2H3. The molecule has 126 valence electrons. The first-order valence-electron chi connectivity index (χ1n) is 7.98. The van der Waals surface area contributed by atoms with Crippen molar-refractivity contribution in [1.82, 2.24) is 0 Å². The summed E-state index contributed by atoms with van der Waals surface area (Å²) in [4.78, 5) is 22.7. The van der Waals surface area contributed by atoms with Crippen molar-refractivity contribution in [2.75, 3.05) is 6.61 Å². The summed E-state index contributed by atoms with van der Waals surface area (Å²) in [5, 5.41) is 6.34. The van der Waals surface area contributed by atoms with Gasteiger partial charge in [-0.25, -0.2) is 9.59 Å². The van der Waals surface area contributed by atoms with Crippen molar-refractivity contribution in [1.29, 1.82) is 0 Å². The Labute approximate surface area is 136 Å². The predicted octanol–water partition coefficient (Wildman–Crippen LogP) is 5.44. The summed E-state index contributed by atoms with van der Waals surface area (Å²) in [5.41, 5.74) is 1.05. The number of amides is 2. The smallest absolute Gasteiger partial charge is 0.447 e. The second-order valence-electron chi connectivity index (χ2n) is 5.26. The monoisotopic (exact) mass is 320 g/mol. The highest BCUT2D eigenvalue weighted by atomic mass is 16.6. The average molecular weight is 320 g/mol. The molecular formula is C17H24N2O4. The van der Waals surface area contributed by atoms with Crippen LogP contribution >= 0.6 is 0 Å². The number of carbonyl (C=O) groups excluding carboxylic acids is 2. The van der Waals surface area contributed by atoms with E-state index in [1.165, 1.54) is 19.3 Å². The number of hydrogen-bond donors (Lipinski definition) is 0. The summed E-state index contributed by atoms with van der Waals surface area (Å²) < 4.78 is 9.75. The van der Waals surface area contributed by atoms with Crippen molar-refractivity contribution < 1.29 is 19.1 Å². The molecule has 0 aliphatic rings. The van der Waals surface area contributed by atoms with Crippen LogP contribution in [-0.2, 0) is 4.74 Å². The zero-order chi connectivity index (χ0) is 16.9. The highest BCUT2D eigenvalue weighted by Gasteiger charge is 2.05. The number of benzene rings is 1. The van der Waals surface area contributed by atoms with Crippen molar-refractivity contribution in [3.05, 3.63) is 29.8 Å². The van der Waals surface area contributed by atoms with Crippen molar-refractivity contribution in [3.8, 4) is 5.75 Å². The Morgan fingerprint density at radius 2 is 1.52 bits per heavy atom. The molecule has 0 unspecified atom stereocenters. The molecule has 1 rings (SSSR count). The average Bonchev–Trinajstić information content (AvgIpc) is 2.54. The molecule has 0 aliphatic heterocycles. The Kier molecular flexibility index (Phi) is 9.28. The highest BCUT2D eigenvalue weighted by molar-refractivity contribution is 5.74. The number of aryl methyl sites for hydroxylation is 1. The third kappa shape index (κ3) is 9.39. The molecule has 0 fully saturated rings. The topological polar surface area (TPSA) is 77.3 Å². The van der Waals surface area contributed by atoms with Gasteiger partial charge in [-0.2, -0.15) is 0 Å². The van der Waals surface area contributed by atoms with Crippen LogP contribution < -0.4 is 4.74 Å². The minimum Gasteiger partial charge on any atom is -0.447 e. The molecule has 0 spiro atoms. The maximum atomic E-state index is 11.4. The van der Waals surface area contributed by atoms with Gasteiger partial charge in [0.05, 0.1) is 6.61 Å². The van der Waals surface area contributed by atoms with E-state index < -0.39 is 12.2 Å². The van der Waals surface area contributed by atoms with Crippen molar-refractivity contribution in [2.24, 2.45) is 10.2 Å².